The normalized spacial score (nSPS) is 14.5. The second kappa shape index (κ2) is 10.4. The van der Waals surface area contributed by atoms with Crippen LogP contribution in [-0.2, 0) is 6.54 Å². The van der Waals surface area contributed by atoms with Crippen molar-refractivity contribution in [3.05, 3.63) is 78.0 Å². The summed E-state index contributed by atoms with van der Waals surface area (Å²) in [5.41, 5.74) is 2.82. The maximum absolute atomic E-state index is 12.9. The van der Waals surface area contributed by atoms with E-state index in [9.17, 15) is 4.79 Å². The molecule has 1 saturated heterocycles. The highest BCUT2D eigenvalue weighted by atomic mass is 16.1. The van der Waals surface area contributed by atoms with Crippen LogP contribution in [0.1, 0.15) is 29.8 Å². The first kappa shape index (κ1) is 22.0. The zero-order valence-electron chi connectivity index (χ0n) is 18.9. The fourth-order valence-electron chi connectivity index (χ4n) is 3.85. The van der Waals surface area contributed by atoms with Gasteiger partial charge in [-0.1, -0.05) is 74.5 Å². The molecule has 0 atom stereocenters. The van der Waals surface area contributed by atoms with Crippen LogP contribution >= 0.6 is 0 Å². The minimum Gasteiger partial charge on any atom is -0.353 e. The molecule has 166 valence electrons. The third-order valence-electron chi connectivity index (χ3n) is 5.64. The molecule has 0 radical (unpaired) electrons. The van der Waals surface area contributed by atoms with Gasteiger partial charge in [0.2, 0.25) is 0 Å². The Morgan fingerprint density at radius 1 is 0.969 bits per heavy atom. The van der Waals surface area contributed by atoms with Crippen LogP contribution in [0.2, 0.25) is 0 Å². The van der Waals surface area contributed by atoms with E-state index in [-0.39, 0.29) is 5.91 Å². The van der Waals surface area contributed by atoms with E-state index in [1.54, 1.807) is 6.20 Å². The zero-order chi connectivity index (χ0) is 22.3. The summed E-state index contributed by atoms with van der Waals surface area (Å²) in [6, 6.07) is 20.5. The van der Waals surface area contributed by atoms with Crippen LogP contribution in [0, 0.1) is 5.92 Å². The van der Waals surface area contributed by atoms with Crippen molar-refractivity contribution in [1.29, 1.82) is 0 Å². The molecule has 6 heteroatoms. The zero-order valence-corrected chi connectivity index (χ0v) is 18.9. The number of rotatable bonds is 7. The quantitative estimate of drug-likeness (QED) is 0.618. The minimum atomic E-state index is -0.111. The molecular weight excluding hydrogens is 398 g/mol. The Morgan fingerprint density at radius 2 is 1.62 bits per heavy atom. The van der Waals surface area contributed by atoms with E-state index in [1.807, 2.05) is 36.4 Å². The Morgan fingerprint density at radius 3 is 2.28 bits per heavy atom. The number of aromatic nitrogens is 2. The lowest BCUT2D eigenvalue weighted by Crippen LogP contribution is -2.47. The molecule has 32 heavy (non-hydrogen) atoms. The van der Waals surface area contributed by atoms with Gasteiger partial charge in [-0.25, -0.2) is 9.97 Å². The van der Waals surface area contributed by atoms with Crippen molar-refractivity contribution in [3.63, 3.8) is 0 Å². The van der Waals surface area contributed by atoms with E-state index in [1.165, 1.54) is 5.56 Å². The van der Waals surface area contributed by atoms with E-state index in [0.717, 1.165) is 44.1 Å². The third-order valence-corrected chi connectivity index (χ3v) is 5.64. The van der Waals surface area contributed by atoms with Gasteiger partial charge in [0, 0.05) is 51.0 Å². The van der Waals surface area contributed by atoms with Gasteiger partial charge in [0.25, 0.3) is 5.91 Å². The molecule has 1 aliphatic heterocycles. The number of nitrogens with one attached hydrogen (secondary N) is 1. The third kappa shape index (κ3) is 5.51. The summed E-state index contributed by atoms with van der Waals surface area (Å²) in [4.78, 5) is 27.0. The smallest absolute Gasteiger partial charge is 0.256 e. The number of anilines is 1. The van der Waals surface area contributed by atoms with Gasteiger partial charge in [-0.05, 0) is 11.5 Å². The van der Waals surface area contributed by atoms with Gasteiger partial charge in [0.05, 0.1) is 0 Å². The number of amides is 1. The molecule has 1 N–H and O–H groups in total. The van der Waals surface area contributed by atoms with Gasteiger partial charge in [-0.2, -0.15) is 0 Å². The number of piperazine rings is 1. The van der Waals surface area contributed by atoms with Gasteiger partial charge >= 0.3 is 0 Å². The molecule has 2 aromatic carbocycles. The monoisotopic (exact) mass is 429 g/mol. The topological polar surface area (TPSA) is 61.4 Å². The molecule has 0 unspecified atom stereocenters. The molecule has 6 nitrogen and oxygen atoms in total. The molecule has 0 saturated carbocycles. The SMILES string of the molecule is CC(C)CNC(=O)c1cnc(-c2ccccc2)nc1N1CCN(Cc2ccccc2)CC1. The molecule has 0 spiro atoms. The Balaban J connectivity index is 1.54. The summed E-state index contributed by atoms with van der Waals surface area (Å²) in [7, 11) is 0. The van der Waals surface area contributed by atoms with Crippen molar-refractivity contribution in [1.82, 2.24) is 20.2 Å². The van der Waals surface area contributed by atoms with Gasteiger partial charge in [0.1, 0.15) is 11.4 Å². The second-order valence-electron chi connectivity index (χ2n) is 8.65. The van der Waals surface area contributed by atoms with Crippen LogP contribution in [0.4, 0.5) is 5.82 Å². The maximum Gasteiger partial charge on any atom is 0.256 e. The van der Waals surface area contributed by atoms with Gasteiger partial charge in [-0.3, -0.25) is 9.69 Å². The van der Waals surface area contributed by atoms with Crippen LogP contribution in [0.25, 0.3) is 11.4 Å². The summed E-state index contributed by atoms with van der Waals surface area (Å²) in [6.45, 7) is 9.23. The van der Waals surface area contributed by atoms with Gasteiger partial charge in [-0.15, -0.1) is 0 Å². The highest BCUT2D eigenvalue weighted by Crippen LogP contribution is 2.24. The van der Waals surface area contributed by atoms with Crippen LogP contribution in [-0.4, -0.2) is 53.5 Å². The fourth-order valence-corrected chi connectivity index (χ4v) is 3.85. The maximum atomic E-state index is 12.9. The average Bonchev–Trinajstić information content (AvgIpc) is 2.84. The molecule has 1 amide bonds. The highest BCUT2D eigenvalue weighted by molar-refractivity contribution is 5.99. The van der Waals surface area contributed by atoms with Crippen molar-refractivity contribution >= 4 is 11.7 Å². The number of carbonyl (C=O) groups excluding carboxylic acids is 1. The molecule has 3 aromatic rings. The van der Waals surface area contributed by atoms with Gasteiger partial charge in [0.15, 0.2) is 5.82 Å². The Labute approximate surface area is 190 Å². The first-order chi connectivity index (χ1) is 15.6. The lowest BCUT2D eigenvalue weighted by atomic mass is 10.1. The average molecular weight is 430 g/mol. The number of benzene rings is 2. The van der Waals surface area contributed by atoms with Crippen molar-refractivity contribution in [2.75, 3.05) is 37.6 Å². The standard InChI is InChI=1S/C26H31N5O/c1-20(2)17-28-26(32)23-18-27-24(22-11-7-4-8-12-22)29-25(23)31-15-13-30(14-16-31)19-21-9-5-3-6-10-21/h3-12,18,20H,13-17,19H2,1-2H3,(H,28,32). The minimum absolute atomic E-state index is 0.111. The summed E-state index contributed by atoms with van der Waals surface area (Å²) in [6.07, 6.45) is 1.68. The fraction of sp³-hybridized carbons (Fsp3) is 0.346. The Bertz CT molecular complexity index is 1010. The van der Waals surface area contributed by atoms with Crippen LogP contribution in [0.3, 0.4) is 0 Å². The molecule has 2 heterocycles. The van der Waals surface area contributed by atoms with E-state index in [4.69, 9.17) is 4.98 Å². The Hall–Kier alpha value is -3.25. The first-order valence-electron chi connectivity index (χ1n) is 11.3. The molecule has 1 fully saturated rings. The predicted molar refractivity (Wildman–Crippen MR) is 129 cm³/mol. The van der Waals surface area contributed by atoms with Crippen LogP contribution in [0.15, 0.2) is 66.9 Å². The summed E-state index contributed by atoms with van der Waals surface area (Å²) in [5.74, 6) is 1.64. The molecular formula is C26H31N5O. The number of hydrogen-bond acceptors (Lipinski definition) is 5. The summed E-state index contributed by atoms with van der Waals surface area (Å²) in [5, 5.41) is 3.02. The molecule has 0 bridgehead atoms. The molecule has 1 aromatic heterocycles. The molecule has 1 aliphatic rings. The summed E-state index contributed by atoms with van der Waals surface area (Å²) >= 11 is 0. The number of nitrogens with zero attached hydrogens (tertiary/aromatic N) is 4. The van der Waals surface area contributed by atoms with E-state index in [2.05, 4.69) is 58.2 Å². The Kier molecular flexibility index (Phi) is 7.12. The lowest BCUT2D eigenvalue weighted by molar-refractivity contribution is 0.0948. The lowest BCUT2D eigenvalue weighted by Gasteiger charge is -2.36. The summed E-state index contributed by atoms with van der Waals surface area (Å²) < 4.78 is 0. The number of hydrogen-bond donors (Lipinski definition) is 1. The second-order valence-corrected chi connectivity index (χ2v) is 8.65. The van der Waals surface area contributed by atoms with Crippen molar-refractivity contribution in [2.24, 2.45) is 5.92 Å². The van der Waals surface area contributed by atoms with Crippen molar-refractivity contribution in [2.45, 2.75) is 20.4 Å². The van der Waals surface area contributed by atoms with E-state index in [0.29, 0.717) is 23.9 Å². The first-order valence-corrected chi connectivity index (χ1v) is 11.3. The predicted octanol–water partition coefficient (Wildman–Crippen LogP) is 3.85. The van der Waals surface area contributed by atoms with Crippen molar-refractivity contribution in [3.8, 4) is 11.4 Å². The number of carbonyl (C=O) groups is 1. The molecule has 0 aliphatic carbocycles. The van der Waals surface area contributed by atoms with Crippen molar-refractivity contribution < 1.29 is 4.79 Å². The molecule has 4 rings (SSSR count). The van der Waals surface area contributed by atoms with Crippen LogP contribution < -0.4 is 10.2 Å². The largest absolute Gasteiger partial charge is 0.353 e. The van der Waals surface area contributed by atoms with Gasteiger partial charge < -0.3 is 10.2 Å². The van der Waals surface area contributed by atoms with Crippen LogP contribution in [0.5, 0.6) is 0 Å². The highest BCUT2D eigenvalue weighted by Gasteiger charge is 2.24. The van der Waals surface area contributed by atoms with E-state index >= 15 is 0 Å². The van der Waals surface area contributed by atoms with E-state index < -0.39 is 0 Å².